The van der Waals surface area contributed by atoms with Crippen LogP contribution in [0.1, 0.15) is 11.1 Å². The van der Waals surface area contributed by atoms with Crippen molar-refractivity contribution in [2.24, 2.45) is 0 Å². The molecule has 2 aromatic rings. The van der Waals surface area contributed by atoms with Crippen LogP contribution in [0.3, 0.4) is 0 Å². The SMILES string of the molecule is COc1ccccc1C1=C(N2CCN(CCO)CC2)C(=O)N(Cc2ccccc2F)C1=O. The van der Waals surface area contributed by atoms with Gasteiger partial charge in [-0.25, -0.2) is 4.39 Å². The van der Waals surface area contributed by atoms with Gasteiger partial charge in [-0.2, -0.15) is 0 Å². The Morgan fingerprint density at radius 3 is 2.34 bits per heavy atom. The molecule has 2 amide bonds. The van der Waals surface area contributed by atoms with Crippen molar-refractivity contribution >= 4 is 17.4 Å². The summed E-state index contributed by atoms with van der Waals surface area (Å²) in [5, 5.41) is 9.20. The first kappa shape index (κ1) is 22.0. The van der Waals surface area contributed by atoms with Crippen LogP contribution in [0.4, 0.5) is 4.39 Å². The van der Waals surface area contributed by atoms with Crippen LogP contribution >= 0.6 is 0 Å². The summed E-state index contributed by atoms with van der Waals surface area (Å²) in [5.74, 6) is -0.865. The highest BCUT2D eigenvalue weighted by atomic mass is 19.1. The van der Waals surface area contributed by atoms with Gasteiger partial charge in [0.25, 0.3) is 11.8 Å². The molecular weight excluding hydrogens is 413 g/mol. The van der Waals surface area contributed by atoms with Gasteiger partial charge in [0.2, 0.25) is 0 Å². The van der Waals surface area contributed by atoms with Crippen LogP contribution in [-0.4, -0.2) is 78.1 Å². The third kappa shape index (κ3) is 4.11. The smallest absolute Gasteiger partial charge is 0.278 e. The number of para-hydroxylation sites is 1. The number of nitrogens with zero attached hydrogens (tertiary/aromatic N) is 3. The molecule has 1 saturated heterocycles. The number of methoxy groups -OCH3 is 1. The minimum absolute atomic E-state index is 0.0724. The zero-order valence-electron chi connectivity index (χ0n) is 18.0. The van der Waals surface area contributed by atoms with Crippen molar-refractivity contribution in [2.45, 2.75) is 6.54 Å². The number of hydrogen-bond acceptors (Lipinski definition) is 6. The van der Waals surface area contributed by atoms with Gasteiger partial charge in [-0.1, -0.05) is 36.4 Å². The third-order valence-corrected chi connectivity index (χ3v) is 5.91. The lowest BCUT2D eigenvalue weighted by molar-refractivity contribution is -0.138. The molecule has 168 valence electrons. The Morgan fingerprint density at radius 2 is 1.66 bits per heavy atom. The van der Waals surface area contributed by atoms with Gasteiger partial charge in [-0.15, -0.1) is 0 Å². The molecular formula is C24H26FN3O4. The van der Waals surface area contributed by atoms with Crippen molar-refractivity contribution < 1.29 is 23.8 Å². The Labute approximate surface area is 186 Å². The molecule has 1 fully saturated rings. The van der Waals surface area contributed by atoms with Gasteiger partial charge in [0, 0.05) is 43.9 Å². The highest BCUT2D eigenvalue weighted by Gasteiger charge is 2.43. The van der Waals surface area contributed by atoms with Crippen LogP contribution in [0.5, 0.6) is 5.75 Å². The van der Waals surface area contributed by atoms with Crippen LogP contribution < -0.4 is 4.74 Å². The predicted octanol–water partition coefficient (Wildman–Crippen LogP) is 1.72. The van der Waals surface area contributed by atoms with Gasteiger partial charge < -0.3 is 14.7 Å². The van der Waals surface area contributed by atoms with Crippen molar-refractivity contribution in [3.8, 4) is 5.75 Å². The summed E-state index contributed by atoms with van der Waals surface area (Å²) in [6.45, 7) is 2.91. The van der Waals surface area contributed by atoms with Crippen molar-refractivity contribution in [3.63, 3.8) is 0 Å². The van der Waals surface area contributed by atoms with E-state index in [0.717, 1.165) is 4.90 Å². The molecule has 0 spiro atoms. The van der Waals surface area contributed by atoms with Crippen molar-refractivity contribution in [2.75, 3.05) is 46.4 Å². The van der Waals surface area contributed by atoms with E-state index in [0.29, 0.717) is 49.7 Å². The van der Waals surface area contributed by atoms with Gasteiger partial charge in [0.05, 0.1) is 25.8 Å². The Balaban J connectivity index is 1.72. The van der Waals surface area contributed by atoms with Gasteiger partial charge in [0.15, 0.2) is 0 Å². The maximum Gasteiger partial charge on any atom is 0.278 e. The first-order chi connectivity index (χ1) is 15.5. The molecule has 8 heteroatoms. The molecule has 2 aliphatic heterocycles. The molecule has 2 heterocycles. The first-order valence-electron chi connectivity index (χ1n) is 10.6. The van der Waals surface area contributed by atoms with Gasteiger partial charge >= 0.3 is 0 Å². The van der Waals surface area contributed by atoms with E-state index in [1.807, 2.05) is 4.90 Å². The molecule has 0 unspecified atom stereocenters. The number of amides is 2. The van der Waals surface area contributed by atoms with E-state index in [1.165, 1.54) is 13.2 Å². The predicted molar refractivity (Wildman–Crippen MR) is 117 cm³/mol. The minimum atomic E-state index is -0.462. The summed E-state index contributed by atoms with van der Waals surface area (Å²) in [6, 6.07) is 13.2. The van der Waals surface area contributed by atoms with E-state index in [9.17, 15) is 19.1 Å². The van der Waals surface area contributed by atoms with Crippen molar-refractivity contribution in [1.82, 2.24) is 14.7 Å². The van der Waals surface area contributed by atoms with Crippen LogP contribution in [0, 0.1) is 5.82 Å². The average molecular weight is 439 g/mol. The molecule has 0 radical (unpaired) electrons. The standard InChI is InChI=1S/C24H26FN3O4/c1-32-20-9-5-3-7-18(20)21-22(27-12-10-26(11-13-27)14-15-29)24(31)28(23(21)30)16-17-6-2-4-8-19(17)25/h2-9,29H,10-16H2,1H3. The number of imide groups is 1. The van der Waals surface area contributed by atoms with Crippen LogP contribution in [0.25, 0.3) is 5.57 Å². The highest BCUT2D eigenvalue weighted by Crippen LogP contribution is 2.37. The van der Waals surface area contributed by atoms with Crippen molar-refractivity contribution in [1.29, 1.82) is 0 Å². The Kier molecular flexibility index (Phi) is 6.53. The van der Waals surface area contributed by atoms with Crippen LogP contribution in [0.15, 0.2) is 54.2 Å². The second-order valence-corrected chi connectivity index (χ2v) is 7.76. The Bertz CT molecular complexity index is 1050. The average Bonchev–Trinajstić information content (AvgIpc) is 3.06. The summed E-state index contributed by atoms with van der Waals surface area (Å²) in [4.78, 5) is 32.2. The normalized spacial score (nSPS) is 17.5. The fourth-order valence-corrected chi connectivity index (χ4v) is 4.23. The molecule has 0 bridgehead atoms. The number of benzene rings is 2. The largest absolute Gasteiger partial charge is 0.496 e. The molecule has 32 heavy (non-hydrogen) atoms. The molecule has 0 aromatic heterocycles. The monoisotopic (exact) mass is 439 g/mol. The zero-order chi connectivity index (χ0) is 22.7. The summed E-state index contributed by atoms with van der Waals surface area (Å²) in [5.41, 5.74) is 1.42. The van der Waals surface area contributed by atoms with E-state index < -0.39 is 17.6 Å². The minimum Gasteiger partial charge on any atom is -0.496 e. The number of halogens is 1. The zero-order valence-corrected chi connectivity index (χ0v) is 18.0. The lowest BCUT2D eigenvalue weighted by Crippen LogP contribution is -2.48. The summed E-state index contributed by atoms with van der Waals surface area (Å²) in [6.07, 6.45) is 0. The second kappa shape index (κ2) is 9.50. The third-order valence-electron chi connectivity index (χ3n) is 5.91. The fourth-order valence-electron chi connectivity index (χ4n) is 4.23. The van der Waals surface area contributed by atoms with Gasteiger partial charge in [-0.3, -0.25) is 19.4 Å². The van der Waals surface area contributed by atoms with E-state index in [4.69, 9.17) is 4.74 Å². The highest BCUT2D eigenvalue weighted by molar-refractivity contribution is 6.35. The Morgan fingerprint density at radius 1 is 0.969 bits per heavy atom. The quantitative estimate of drug-likeness (QED) is 0.663. The van der Waals surface area contributed by atoms with Gasteiger partial charge in [0.1, 0.15) is 17.3 Å². The van der Waals surface area contributed by atoms with E-state index in [2.05, 4.69) is 4.90 Å². The number of rotatable bonds is 7. The topological polar surface area (TPSA) is 73.3 Å². The van der Waals surface area contributed by atoms with Crippen LogP contribution in [-0.2, 0) is 16.1 Å². The molecule has 7 nitrogen and oxygen atoms in total. The second-order valence-electron chi connectivity index (χ2n) is 7.76. The van der Waals surface area contributed by atoms with E-state index in [-0.39, 0.29) is 24.3 Å². The first-order valence-corrected chi connectivity index (χ1v) is 10.6. The summed E-state index contributed by atoms with van der Waals surface area (Å²) in [7, 11) is 1.52. The molecule has 0 atom stereocenters. The molecule has 4 rings (SSSR count). The fraction of sp³-hybridized carbons (Fsp3) is 0.333. The number of β-amino-alcohol motifs (C(OH)–C–C–N with tert-alkyl or cyclic N) is 1. The van der Waals surface area contributed by atoms with Crippen LogP contribution in [0.2, 0.25) is 0 Å². The lowest BCUT2D eigenvalue weighted by atomic mass is 10.0. The molecule has 2 aliphatic rings. The molecule has 0 aliphatic carbocycles. The Hall–Kier alpha value is -3.23. The number of carbonyl (C=O) groups excluding carboxylic acids is 2. The summed E-state index contributed by atoms with van der Waals surface area (Å²) < 4.78 is 19.8. The number of carbonyl (C=O) groups is 2. The number of aliphatic hydroxyl groups excluding tert-OH is 1. The number of piperazine rings is 1. The van der Waals surface area contributed by atoms with Gasteiger partial charge in [-0.05, 0) is 12.1 Å². The number of ether oxygens (including phenoxy) is 1. The molecule has 0 saturated carbocycles. The maximum absolute atomic E-state index is 14.3. The maximum atomic E-state index is 14.3. The summed E-state index contributed by atoms with van der Waals surface area (Å²) >= 11 is 0. The van der Waals surface area contributed by atoms with E-state index >= 15 is 0 Å². The number of aliphatic hydroxyl groups is 1. The molecule has 2 aromatic carbocycles. The lowest BCUT2D eigenvalue weighted by Gasteiger charge is -2.36. The number of hydrogen-bond donors (Lipinski definition) is 1. The molecule has 1 N–H and O–H groups in total. The van der Waals surface area contributed by atoms with E-state index in [1.54, 1.807) is 42.5 Å². The van der Waals surface area contributed by atoms with Crippen molar-refractivity contribution in [3.05, 3.63) is 71.2 Å².